The lowest BCUT2D eigenvalue weighted by molar-refractivity contribution is 0.0697. The molecule has 0 saturated heterocycles. The number of rotatable bonds is 3. The SMILES string of the molecule is C=CCOC(=O)N1CCCn2ncc(C(=O)O)c21. The predicted molar refractivity (Wildman–Crippen MR) is 62.7 cm³/mol. The van der Waals surface area contributed by atoms with Crippen molar-refractivity contribution in [2.45, 2.75) is 13.0 Å². The molecule has 0 saturated carbocycles. The highest BCUT2D eigenvalue weighted by Crippen LogP contribution is 2.25. The Kier molecular flexibility index (Phi) is 3.31. The van der Waals surface area contributed by atoms with Crippen molar-refractivity contribution in [3.63, 3.8) is 0 Å². The number of ether oxygens (including phenoxy) is 1. The van der Waals surface area contributed by atoms with E-state index in [0.29, 0.717) is 19.5 Å². The monoisotopic (exact) mass is 251 g/mol. The van der Waals surface area contributed by atoms with Crippen LogP contribution in [0.15, 0.2) is 18.9 Å². The fourth-order valence-corrected chi connectivity index (χ4v) is 1.85. The first kappa shape index (κ1) is 12.2. The fraction of sp³-hybridized carbons (Fsp3) is 0.364. The first-order chi connectivity index (χ1) is 8.65. The molecule has 1 amide bonds. The number of carbonyl (C=O) groups excluding carboxylic acids is 1. The van der Waals surface area contributed by atoms with Gasteiger partial charge in [0.25, 0.3) is 0 Å². The zero-order chi connectivity index (χ0) is 13.1. The van der Waals surface area contributed by atoms with Gasteiger partial charge in [-0.3, -0.25) is 4.90 Å². The number of carboxylic acid groups (broad SMARTS) is 1. The zero-order valence-electron chi connectivity index (χ0n) is 9.70. The second-order valence-corrected chi connectivity index (χ2v) is 3.78. The summed E-state index contributed by atoms with van der Waals surface area (Å²) in [7, 11) is 0. The first-order valence-electron chi connectivity index (χ1n) is 5.49. The summed E-state index contributed by atoms with van der Waals surface area (Å²) >= 11 is 0. The van der Waals surface area contributed by atoms with Gasteiger partial charge in [0.15, 0.2) is 5.82 Å². The van der Waals surface area contributed by atoms with Gasteiger partial charge in [0.1, 0.15) is 12.2 Å². The molecular formula is C11H13N3O4. The largest absolute Gasteiger partial charge is 0.477 e. The summed E-state index contributed by atoms with van der Waals surface area (Å²) in [6.07, 6.45) is 2.82. The number of amides is 1. The van der Waals surface area contributed by atoms with Crippen molar-refractivity contribution >= 4 is 17.9 Å². The average Bonchev–Trinajstić information content (AvgIpc) is 2.79. The van der Waals surface area contributed by atoms with Crippen LogP contribution in [0.2, 0.25) is 0 Å². The Bertz CT molecular complexity index is 494. The third kappa shape index (κ3) is 2.06. The number of aryl methyl sites for hydroxylation is 1. The highest BCUT2D eigenvalue weighted by atomic mass is 16.6. The van der Waals surface area contributed by atoms with Gasteiger partial charge in [-0.05, 0) is 6.42 Å². The molecule has 2 heterocycles. The maximum Gasteiger partial charge on any atom is 0.415 e. The van der Waals surface area contributed by atoms with E-state index in [1.54, 1.807) is 0 Å². The maximum atomic E-state index is 11.8. The fourth-order valence-electron chi connectivity index (χ4n) is 1.85. The van der Waals surface area contributed by atoms with Crippen LogP contribution >= 0.6 is 0 Å². The smallest absolute Gasteiger partial charge is 0.415 e. The standard InChI is InChI=1S/C11H13N3O4/c1-2-6-18-11(17)13-4-3-5-14-9(13)8(7-12-14)10(15)16/h2,7H,1,3-6H2,(H,15,16). The minimum absolute atomic E-state index is 0.00486. The van der Waals surface area contributed by atoms with Gasteiger partial charge in [0.05, 0.1) is 6.20 Å². The van der Waals surface area contributed by atoms with Crippen LogP contribution in [-0.4, -0.2) is 40.1 Å². The third-order valence-electron chi connectivity index (χ3n) is 2.59. The van der Waals surface area contributed by atoms with Crippen molar-refractivity contribution in [2.24, 2.45) is 0 Å². The molecule has 2 rings (SSSR count). The topological polar surface area (TPSA) is 84.7 Å². The molecule has 0 spiro atoms. The average molecular weight is 251 g/mol. The molecule has 1 N–H and O–H groups in total. The molecule has 0 aromatic carbocycles. The van der Waals surface area contributed by atoms with Crippen LogP contribution < -0.4 is 4.90 Å². The molecule has 1 aliphatic rings. The van der Waals surface area contributed by atoms with Gasteiger partial charge < -0.3 is 9.84 Å². The van der Waals surface area contributed by atoms with E-state index < -0.39 is 12.1 Å². The highest BCUT2D eigenvalue weighted by molar-refractivity contribution is 5.98. The lowest BCUT2D eigenvalue weighted by Gasteiger charge is -2.27. The summed E-state index contributed by atoms with van der Waals surface area (Å²) in [6.45, 7) is 4.55. The van der Waals surface area contributed by atoms with Gasteiger partial charge in [-0.25, -0.2) is 14.3 Å². The number of carboxylic acids is 1. The number of aromatic carboxylic acids is 1. The summed E-state index contributed by atoms with van der Waals surface area (Å²) in [5.74, 6) is -0.831. The van der Waals surface area contributed by atoms with E-state index in [4.69, 9.17) is 9.84 Å². The molecule has 0 bridgehead atoms. The second-order valence-electron chi connectivity index (χ2n) is 3.78. The Balaban J connectivity index is 2.31. The predicted octanol–water partition coefficient (Wildman–Crippen LogP) is 1.11. The van der Waals surface area contributed by atoms with Gasteiger partial charge in [-0.2, -0.15) is 5.10 Å². The second kappa shape index (κ2) is 4.91. The van der Waals surface area contributed by atoms with Crippen LogP contribution in [-0.2, 0) is 11.3 Å². The van der Waals surface area contributed by atoms with Crippen LogP contribution in [0.5, 0.6) is 0 Å². The molecule has 1 aromatic heterocycles. The Morgan fingerprint density at radius 1 is 1.56 bits per heavy atom. The van der Waals surface area contributed by atoms with Crippen molar-refractivity contribution in [3.05, 3.63) is 24.4 Å². The quantitative estimate of drug-likeness (QED) is 0.813. The molecule has 7 heteroatoms. The summed E-state index contributed by atoms with van der Waals surface area (Å²) in [5, 5.41) is 13.0. The van der Waals surface area contributed by atoms with E-state index in [2.05, 4.69) is 11.7 Å². The van der Waals surface area contributed by atoms with Crippen LogP contribution in [0, 0.1) is 0 Å². The van der Waals surface area contributed by atoms with Crippen molar-refractivity contribution < 1.29 is 19.4 Å². The summed E-state index contributed by atoms with van der Waals surface area (Å²) in [4.78, 5) is 24.2. The number of anilines is 1. The van der Waals surface area contributed by atoms with Gasteiger partial charge in [-0.15, -0.1) is 0 Å². The van der Waals surface area contributed by atoms with E-state index >= 15 is 0 Å². The number of hydrogen-bond acceptors (Lipinski definition) is 4. The Labute approximate surface area is 103 Å². The van der Waals surface area contributed by atoms with Crippen LogP contribution in [0.3, 0.4) is 0 Å². The molecule has 1 aliphatic heterocycles. The molecule has 0 atom stereocenters. The molecular weight excluding hydrogens is 238 g/mol. The van der Waals surface area contributed by atoms with E-state index in [1.807, 2.05) is 0 Å². The van der Waals surface area contributed by atoms with Crippen molar-refractivity contribution in [1.29, 1.82) is 0 Å². The molecule has 18 heavy (non-hydrogen) atoms. The van der Waals surface area contributed by atoms with Gasteiger partial charge in [0, 0.05) is 13.1 Å². The van der Waals surface area contributed by atoms with Gasteiger partial charge >= 0.3 is 12.1 Å². The van der Waals surface area contributed by atoms with Crippen molar-refractivity contribution in [2.75, 3.05) is 18.1 Å². The Morgan fingerprint density at radius 2 is 2.33 bits per heavy atom. The van der Waals surface area contributed by atoms with Crippen LogP contribution in [0.4, 0.5) is 10.6 Å². The first-order valence-corrected chi connectivity index (χ1v) is 5.49. The molecule has 0 unspecified atom stereocenters. The lowest BCUT2D eigenvalue weighted by Crippen LogP contribution is -2.38. The number of fused-ring (bicyclic) bond motifs is 1. The van der Waals surface area contributed by atoms with E-state index in [-0.39, 0.29) is 18.0 Å². The zero-order valence-corrected chi connectivity index (χ0v) is 9.70. The number of carbonyl (C=O) groups is 2. The van der Waals surface area contributed by atoms with Gasteiger partial charge in [-0.1, -0.05) is 12.7 Å². The minimum Gasteiger partial charge on any atom is -0.477 e. The van der Waals surface area contributed by atoms with Crippen LogP contribution in [0.1, 0.15) is 16.8 Å². The highest BCUT2D eigenvalue weighted by Gasteiger charge is 2.30. The number of hydrogen-bond donors (Lipinski definition) is 1. The summed E-state index contributed by atoms with van der Waals surface area (Å²) in [5.41, 5.74) is 0.00486. The maximum absolute atomic E-state index is 11.8. The van der Waals surface area contributed by atoms with E-state index in [0.717, 1.165) is 0 Å². The molecule has 7 nitrogen and oxygen atoms in total. The molecule has 0 aliphatic carbocycles. The third-order valence-corrected chi connectivity index (χ3v) is 2.59. The minimum atomic E-state index is -1.11. The summed E-state index contributed by atoms with van der Waals surface area (Å²) < 4.78 is 6.43. The summed E-state index contributed by atoms with van der Waals surface area (Å²) in [6, 6.07) is 0. The molecule has 0 fully saturated rings. The molecule has 0 radical (unpaired) electrons. The number of aromatic nitrogens is 2. The van der Waals surface area contributed by atoms with Crippen molar-refractivity contribution in [3.8, 4) is 0 Å². The number of nitrogens with zero attached hydrogens (tertiary/aromatic N) is 3. The van der Waals surface area contributed by atoms with Gasteiger partial charge in [0.2, 0.25) is 0 Å². The van der Waals surface area contributed by atoms with E-state index in [9.17, 15) is 9.59 Å². The molecule has 1 aromatic rings. The Hall–Kier alpha value is -2.31. The lowest BCUT2D eigenvalue weighted by atomic mass is 10.2. The van der Waals surface area contributed by atoms with Crippen LogP contribution in [0.25, 0.3) is 0 Å². The Morgan fingerprint density at radius 3 is 3.00 bits per heavy atom. The van der Waals surface area contributed by atoms with Crippen molar-refractivity contribution in [1.82, 2.24) is 9.78 Å². The van der Waals surface area contributed by atoms with E-state index in [1.165, 1.54) is 21.9 Å². The normalized spacial score (nSPS) is 13.9. The molecule has 96 valence electrons.